The first kappa shape index (κ1) is 27.0. The van der Waals surface area contributed by atoms with Crippen molar-refractivity contribution in [1.29, 1.82) is 5.26 Å². The van der Waals surface area contributed by atoms with Gasteiger partial charge >= 0.3 is 6.18 Å². The second kappa shape index (κ2) is 10.5. The number of carbonyl (C=O) groups is 1. The molecule has 0 heterocycles. The maximum absolute atomic E-state index is 12.9. The monoisotopic (exact) mass is 561 g/mol. The first-order chi connectivity index (χ1) is 16.4. The van der Waals surface area contributed by atoms with Crippen molar-refractivity contribution >= 4 is 52.2 Å². The van der Waals surface area contributed by atoms with Crippen LogP contribution in [0.5, 0.6) is 17.2 Å². The third-order valence-electron chi connectivity index (χ3n) is 4.83. The molecule has 0 N–H and O–H groups in total. The van der Waals surface area contributed by atoms with Gasteiger partial charge in [0.2, 0.25) is 0 Å². The normalized spacial score (nSPS) is 13.0. The maximum atomic E-state index is 12.9. The maximum Gasteiger partial charge on any atom is 0.416 e. The van der Waals surface area contributed by atoms with Crippen LogP contribution in [0.2, 0.25) is 20.1 Å². The Kier molecular flexibility index (Phi) is 8.13. The lowest BCUT2D eigenvalue weighted by atomic mass is 9.89. The predicted octanol–water partition coefficient (Wildman–Crippen LogP) is 8.89. The Morgan fingerprint density at radius 2 is 1.63 bits per heavy atom. The first-order valence-electron chi connectivity index (χ1n) is 9.84. The molecule has 35 heavy (non-hydrogen) atoms. The Hall–Kier alpha value is -2.63. The number of rotatable bonds is 7. The Labute approximate surface area is 218 Å². The molecule has 3 aromatic carbocycles. The van der Waals surface area contributed by atoms with Crippen LogP contribution in [0.25, 0.3) is 0 Å². The molecule has 1 unspecified atom stereocenters. The molecule has 0 aliphatic carbocycles. The molecule has 0 aromatic heterocycles. The van der Waals surface area contributed by atoms with Gasteiger partial charge in [-0.1, -0.05) is 59.4 Å². The zero-order chi connectivity index (χ0) is 26.0. The van der Waals surface area contributed by atoms with Gasteiger partial charge in [0, 0.05) is 23.1 Å². The van der Waals surface area contributed by atoms with E-state index in [0.717, 1.165) is 18.2 Å². The van der Waals surface area contributed by atoms with E-state index in [9.17, 15) is 23.2 Å². The largest absolute Gasteiger partial charge is 0.459 e. The van der Waals surface area contributed by atoms with E-state index < -0.39 is 23.1 Å². The minimum atomic E-state index is -4.57. The summed E-state index contributed by atoms with van der Waals surface area (Å²) in [5, 5.41) is 10.1. The highest BCUT2D eigenvalue weighted by molar-refractivity contribution is 6.35. The van der Waals surface area contributed by atoms with Gasteiger partial charge in [0.1, 0.15) is 23.3 Å². The zero-order valence-corrected chi connectivity index (χ0v) is 20.7. The van der Waals surface area contributed by atoms with E-state index in [1.54, 1.807) is 6.92 Å². The molecule has 0 spiro atoms. The molecule has 0 saturated carbocycles. The van der Waals surface area contributed by atoms with Crippen molar-refractivity contribution in [2.75, 3.05) is 0 Å². The number of hydrogen-bond acceptors (Lipinski definition) is 4. The van der Waals surface area contributed by atoms with E-state index in [4.69, 9.17) is 55.9 Å². The van der Waals surface area contributed by atoms with Crippen LogP contribution in [0, 0.1) is 11.3 Å². The fourth-order valence-electron chi connectivity index (χ4n) is 3.11. The molecule has 3 aromatic rings. The van der Waals surface area contributed by atoms with Gasteiger partial charge in [0.25, 0.3) is 5.60 Å². The van der Waals surface area contributed by atoms with Gasteiger partial charge in [-0.25, -0.2) is 0 Å². The molecular formula is C24H14Cl4F3NO3. The summed E-state index contributed by atoms with van der Waals surface area (Å²) in [5.74, 6) is -0.701. The van der Waals surface area contributed by atoms with Crippen molar-refractivity contribution in [2.45, 2.75) is 25.1 Å². The number of benzene rings is 3. The molecule has 182 valence electrons. The second-order valence-electron chi connectivity index (χ2n) is 7.13. The predicted molar refractivity (Wildman–Crippen MR) is 128 cm³/mol. The van der Waals surface area contributed by atoms with Crippen LogP contribution < -0.4 is 9.47 Å². The molecular weight excluding hydrogens is 549 g/mol. The molecule has 0 amide bonds. The van der Waals surface area contributed by atoms with Gasteiger partial charge in [-0.3, -0.25) is 4.79 Å². The highest BCUT2D eigenvalue weighted by Gasteiger charge is 2.44. The van der Waals surface area contributed by atoms with Crippen molar-refractivity contribution in [3.8, 4) is 23.3 Å². The summed E-state index contributed by atoms with van der Waals surface area (Å²) in [5.41, 5.74) is -3.04. The quantitative estimate of drug-likeness (QED) is 0.288. The fraction of sp³-hybridized carbons (Fsp3) is 0.167. The number of halogens is 7. The Morgan fingerprint density at radius 1 is 0.914 bits per heavy atom. The number of ether oxygens (including phenoxy) is 2. The fourth-order valence-corrected chi connectivity index (χ4v) is 4.03. The third kappa shape index (κ3) is 5.79. The number of ketones is 1. The SMILES string of the molecule is CCC(=O)C(C#N)(Oc1cc(Oc2ccc(C(F)(F)F)cc2Cl)ccc1Cl)c1ccc(Cl)cc1Cl. The number of nitriles is 1. The van der Waals surface area contributed by atoms with Crippen LogP contribution in [0.3, 0.4) is 0 Å². The number of carbonyl (C=O) groups excluding carboxylic acids is 1. The summed E-state index contributed by atoms with van der Waals surface area (Å²) in [6.45, 7) is 1.55. The van der Waals surface area contributed by atoms with Crippen molar-refractivity contribution in [3.05, 3.63) is 85.8 Å². The Bertz CT molecular complexity index is 1320. The Balaban J connectivity index is 2.02. The molecule has 0 bridgehead atoms. The molecule has 0 saturated heterocycles. The summed E-state index contributed by atoms with van der Waals surface area (Å²) in [4.78, 5) is 12.9. The average molecular weight is 563 g/mol. The van der Waals surface area contributed by atoms with Crippen molar-refractivity contribution in [2.24, 2.45) is 0 Å². The first-order valence-corrected chi connectivity index (χ1v) is 11.4. The molecule has 3 rings (SSSR count). The molecule has 4 nitrogen and oxygen atoms in total. The summed E-state index contributed by atoms with van der Waals surface area (Å²) in [7, 11) is 0. The van der Waals surface area contributed by atoms with Crippen LogP contribution in [-0.2, 0) is 16.6 Å². The van der Waals surface area contributed by atoms with E-state index in [1.807, 2.05) is 6.07 Å². The zero-order valence-electron chi connectivity index (χ0n) is 17.7. The van der Waals surface area contributed by atoms with Crippen molar-refractivity contribution in [1.82, 2.24) is 0 Å². The standard InChI is InChI=1S/C24H14Cl4F3NO3/c1-2-22(33)23(12-32,16-6-4-14(25)10-18(16)27)35-21-11-15(5-7-17(21)26)34-20-8-3-13(9-19(20)28)24(29,30)31/h3-11H,2H2,1H3. The minimum absolute atomic E-state index is 0.0286. The lowest BCUT2D eigenvalue weighted by Gasteiger charge is -2.28. The van der Waals surface area contributed by atoms with Gasteiger partial charge in [0.05, 0.1) is 20.6 Å². The van der Waals surface area contributed by atoms with E-state index in [0.29, 0.717) is 0 Å². The van der Waals surface area contributed by atoms with Crippen LogP contribution >= 0.6 is 46.4 Å². The van der Waals surface area contributed by atoms with Crippen LogP contribution in [0.15, 0.2) is 54.6 Å². The molecule has 1 atom stereocenters. The molecule has 0 radical (unpaired) electrons. The summed E-state index contributed by atoms with van der Waals surface area (Å²) < 4.78 is 50.2. The number of alkyl halides is 3. The number of hydrogen-bond donors (Lipinski definition) is 0. The lowest BCUT2D eigenvalue weighted by molar-refractivity contribution is -0.137. The van der Waals surface area contributed by atoms with E-state index in [2.05, 4.69) is 0 Å². The number of Topliss-reactive ketones (excluding diaryl/α,β-unsaturated/α-hetero) is 1. The molecule has 0 aliphatic rings. The van der Waals surface area contributed by atoms with Gasteiger partial charge < -0.3 is 9.47 Å². The smallest absolute Gasteiger partial charge is 0.416 e. The summed E-state index contributed by atoms with van der Waals surface area (Å²) >= 11 is 24.4. The highest BCUT2D eigenvalue weighted by Crippen LogP contribution is 2.41. The lowest BCUT2D eigenvalue weighted by Crippen LogP contribution is -2.40. The Morgan fingerprint density at radius 3 is 2.20 bits per heavy atom. The van der Waals surface area contributed by atoms with E-state index in [-0.39, 0.29) is 49.3 Å². The number of nitrogens with zero attached hydrogens (tertiary/aromatic N) is 1. The summed E-state index contributed by atoms with van der Waals surface area (Å²) in [6, 6.07) is 12.8. The van der Waals surface area contributed by atoms with Crippen LogP contribution in [-0.4, -0.2) is 5.78 Å². The van der Waals surface area contributed by atoms with Gasteiger partial charge in [-0.05, 0) is 42.5 Å². The molecule has 0 aliphatic heterocycles. The van der Waals surface area contributed by atoms with Crippen LogP contribution in [0.1, 0.15) is 24.5 Å². The van der Waals surface area contributed by atoms with Gasteiger partial charge in [-0.15, -0.1) is 0 Å². The van der Waals surface area contributed by atoms with Crippen molar-refractivity contribution < 1.29 is 27.4 Å². The van der Waals surface area contributed by atoms with Gasteiger partial charge in [-0.2, -0.15) is 18.4 Å². The highest BCUT2D eigenvalue weighted by atomic mass is 35.5. The van der Waals surface area contributed by atoms with Crippen LogP contribution in [0.4, 0.5) is 13.2 Å². The van der Waals surface area contributed by atoms with E-state index in [1.165, 1.54) is 36.4 Å². The molecule has 0 fully saturated rings. The minimum Gasteiger partial charge on any atom is -0.459 e. The van der Waals surface area contributed by atoms with E-state index >= 15 is 0 Å². The van der Waals surface area contributed by atoms with Gasteiger partial charge in [0.15, 0.2) is 5.78 Å². The van der Waals surface area contributed by atoms with Crippen molar-refractivity contribution in [3.63, 3.8) is 0 Å². The third-order valence-corrected chi connectivity index (χ3v) is 5.99. The molecule has 11 heteroatoms. The summed E-state index contributed by atoms with van der Waals surface area (Å²) in [6.07, 6.45) is -4.64. The second-order valence-corrected chi connectivity index (χ2v) is 8.79. The average Bonchev–Trinajstić information content (AvgIpc) is 2.80. The topological polar surface area (TPSA) is 59.3 Å².